The third-order valence-electron chi connectivity index (χ3n) is 5.04. The molecule has 0 atom stereocenters. The topological polar surface area (TPSA) is 104 Å². The zero-order valence-corrected chi connectivity index (χ0v) is 15.9. The van der Waals surface area contributed by atoms with Gasteiger partial charge in [-0.3, -0.25) is 14.9 Å². The number of rotatable bonds is 4. The molecule has 0 aliphatic heterocycles. The SMILES string of the molecule is O=C(c1ccccc1)c1oc2ccc3c([N+](=O)[O-])cc(=O)oc3c2c1-c1ccccc1. The van der Waals surface area contributed by atoms with Crippen LogP contribution in [0.3, 0.4) is 0 Å². The average Bonchev–Trinajstić information content (AvgIpc) is 3.19. The van der Waals surface area contributed by atoms with Crippen LogP contribution in [0.15, 0.2) is 92.5 Å². The maximum absolute atomic E-state index is 13.3. The molecule has 0 bridgehead atoms. The van der Waals surface area contributed by atoms with Crippen molar-refractivity contribution >= 4 is 33.4 Å². The first-order chi connectivity index (χ1) is 15.0. The third kappa shape index (κ3) is 3.00. The van der Waals surface area contributed by atoms with Gasteiger partial charge in [0.15, 0.2) is 11.3 Å². The van der Waals surface area contributed by atoms with Crippen LogP contribution in [0, 0.1) is 10.1 Å². The highest BCUT2D eigenvalue weighted by Gasteiger charge is 2.27. The van der Waals surface area contributed by atoms with Crippen molar-refractivity contribution in [3.05, 3.63) is 111 Å². The number of hydrogen-bond acceptors (Lipinski definition) is 6. The van der Waals surface area contributed by atoms with E-state index in [0.29, 0.717) is 22.1 Å². The summed E-state index contributed by atoms with van der Waals surface area (Å²) < 4.78 is 11.3. The van der Waals surface area contributed by atoms with E-state index in [1.165, 1.54) is 6.07 Å². The number of nitrogens with zero attached hydrogens (tertiary/aromatic N) is 1. The number of carbonyl (C=O) groups excluding carboxylic acids is 1. The van der Waals surface area contributed by atoms with Crippen molar-refractivity contribution in [2.75, 3.05) is 0 Å². The Morgan fingerprint density at radius 3 is 2.23 bits per heavy atom. The van der Waals surface area contributed by atoms with Gasteiger partial charge in [-0.15, -0.1) is 0 Å². The lowest BCUT2D eigenvalue weighted by atomic mass is 9.97. The van der Waals surface area contributed by atoms with Crippen molar-refractivity contribution in [2.24, 2.45) is 0 Å². The summed E-state index contributed by atoms with van der Waals surface area (Å²) in [6, 6.07) is 21.5. The Morgan fingerprint density at radius 1 is 0.871 bits per heavy atom. The second-order valence-corrected chi connectivity index (χ2v) is 6.89. The van der Waals surface area contributed by atoms with Crippen LogP contribution in [0.1, 0.15) is 16.1 Å². The molecule has 31 heavy (non-hydrogen) atoms. The van der Waals surface area contributed by atoms with Crippen LogP contribution in [0.4, 0.5) is 5.69 Å². The summed E-state index contributed by atoms with van der Waals surface area (Å²) in [5, 5.41) is 12.0. The quantitative estimate of drug-likeness (QED) is 0.171. The number of ketones is 1. The minimum absolute atomic E-state index is 0.00594. The smallest absolute Gasteiger partial charge is 0.343 e. The van der Waals surface area contributed by atoms with Crippen LogP contribution in [-0.2, 0) is 0 Å². The van der Waals surface area contributed by atoms with Crippen LogP contribution < -0.4 is 5.63 Å². The molecule has 5 aromatic rings. The van der Waals surface area contributed by atoms with Crippen molar-refractivity contribution in [1.29, 1.82) is 0 Å². The van der Waals surface area contributed by atoms with Gasteiger partial charge < -0.3 is 8.83 Å². The summed E-state index contributed by atoms with van der Waals surface area (Å²) in [5.74, 6) is -0.286. The van der Waals surface area contributed by atoms with Crippen LogP contribution in [0.5, 0.6) is 0 Å². The Balaban J connectivity index is 1.93. The van der Waals surface area contributed by atoms with Crippen LogP contribution >= 0.6 is 0 Å². The molecule has 0 unspecified atom stereocenters. The Bertz CT molecular complexity index is 1530. The normalized spacial score (nSPS) is 11.1. The molecule has 2 aromatic heterocycles. The molecule has 5 rings (SSSR count). The zero-order chi connectivity index (χ0) is 21.5. The highest BCUT2D eigenvalue weighted by atomic mass is 16.6. The molecule has 0 aliphatic carbocycles. The van der Waals surface area contributed by atoms with Gasteiger partial charge in [-0.2, -0.15) is 0 Å². The fourth-order valence-corrected chi connectivity index (χ4v) is 3.70. The van der Waals surface area contributed by atoms with Gasteiger partial charge in [0.2, 0.25) is 5.78 Å². The number of furan rings is 1. The summed E-state index contributed by atoms with van der Waals surface area (Å²) in [7, 11) is 0. The highest BCUT2D eigenvalue weighted by molar-refractivity contribution is 6.20. The minimum atomic E-state index is -0.858. The van der Waals surface area contributed by atoms with Crippen LogP contribution in [-0.4, -0.2) is 10.7 Å². The second-order valence-electron chi connectivity index (χ2n) is 6.89. The van der Waals surface area contributed by atoms with E-state index in [1.807, 2.05) is 6.07 Å². The van der Waals surface area contributed by atoms with Gasteiger partial charge in [0.25, 0.3) is 5.69 Å². The maximum Gasteiger partial charge on any atom is 0.343 e. The Hall–Kier alpha value is -4.52. The molecule has 3 aromatic carbocycles. The Labute approximate surface area is 174 Å². The standard InChI is InChI=1S/C24H13NO6/c26-19-13-17(25(28)29)16-11-12-18-21(23(16)31-19)20(14-7-3-1-4-8-14)24(30-18)22(27)15-9-5-2-6-10-15/h1-13H. The molecule has 0 saturated heterocycles. The summed E-state index contributed by atoms with van der Waals surface area (Å²) in [5.41, 5.74) is 0.559. The maximum atomic E-state index is 13.3. The molecule has 2 heterocycles. The van der Waals surface area contributed by atoms with Crippen molar-refractivity contribution in [3.8, 4) is 11.1 Å². The molecule has 0 aliphatic rings. The van der Waals surface area contributed by atoms with Crippen LogP contribution in [0.25, 0.3) is 33.1 Å². The van der Waals surface area contributed by atoms with E-state index in [0.717, 1.165) is 6.07 Å². The first-order valence-corrected chi connectivity index (χ1v) is 9.37. The van der Waals surface area contributed by atoms with Crippen molar-refractivity contribution in [2.45, 2.75) is 0 Å². The van der Waals surface area contributed by atoms with E-state index in [2.05, 4.69) is 0 Å². The summed E-state index contributed by atoms with van der Waals surface area (Å²) >= 11 is 0. The average molecular weight is 411 g/mol. The predicted octanol–water partition coefficient (Wildman–Crippen LogP) is 5.35. The molecule has 0 fully saturated rings. The Kier molecular flexibility index (Phi) is 4.22. The van der Waals surface area contributed by atoms with E-state index in [9.17, 15) is 19.7 Å². The molecule has 0 N–H and O–H groups in total. The summed E-state index contributed by atoms with van der Waals surface area (Å²) in [6.45, 7) is 0. The lowest BCUT2D eigenvalue weighted by Crippen LogP contribution is -2.02. The van der Waals surface area contributed by atoms with Gasteiger partial charge >= 0.3 is 5.63 Å². The van der Waals surface area contributed by atoms with Crippen molar-refractivity contribution < 1.29 is 18.6 Å². The molecule has 150 valence electrons. The predicted molar refractivity (Wildman–Crippen MR) is 114 cm³/mol. The third-order valence-corrected chi connectivity index (χ3v) is 5.04. The first kappa shape index (κ1) is 18.5. The molecule has 0 amide bonds. The van der Waals surface area contributed by atoms with Gasteiger partial charge in [-0.25, -0.2) is 4.79 Å². The largest absolute Gasteiger partial charge is 0.452 e. The van der Waals surface area contributed by atoms with E-state index in [4.69, 9.17) is 8.83 Å². The van der Waals surface area contributed by atoms with Crippen LogP contribution in [0.2, 0.25) is 0 Å². The number of fused-ring (bicyclic) bond motifs is 3. The second kappa shape index (κ2) is 7.07. The molecule has 0 saturated carbocycles. The number of benzene rings is 3. The van der Waals surface area contributed by atoms with E-state index < -0.39 is 10.5 Å². The lowest BCUT2D eigenvalue weighted by Gasteiger charge is -2.05. The number of nitro groups is 1. The van der Waals surface area contributed by atoms with Gasteiger partial charge in [0, 0.05) is 11.1 Å². The van der Waals surface area contributed by atoms with Gasteiger partial charge in [-0.05, 0) is 17.7 Å². The first-order valence-electron chi connectivity index (χ1n) is 9.37. The lowest BCUT2D eigenvalue weighted by molar-refractivity contribution is -0.383. The van der Waals surface area contributed by atoms with E-state index >= 15 is 0 Å². The number of carbonyl (C=O) groups is 1. The van der Waals surface area contributed by atoms with Gasteiger partial charge in [-0.1, -0.05) is 60.7 Å². The van der Waals surface area contributed by atoms with Crippen molar-refractivity contribution in [3.63, 3.8) is 0 Å². The van der Waals surface area contributed by atoms with E-state index in [-0.39, 0.29) is 33.8 Å². The zero-order valence-electron chi connectivity index (χ0n) is 15.9. The van der Waals surface area contributed by atoms with Crippen molar-refractivity contribution in [1.82, 2.24) is 0 Å². The summed E-state index contributed by atoms with van der Waals surface area (Å²) in [6.07, 6.45) is 0. The number of hydrogen-bond donors (Lipinski definition) is 0. The molecular weight excluding hydrogens is 398 g/mol. The molecular formula is C24H13NO6. The fraction of sp³-hybridized carbons (Fsp3) is 0. The molecule has 0 radical (unpaired) electrons. The molecule has 7 nitrogen and oxygen atoms in total. The Morgan fingerprint density at radius 2 is 1.55 bits per heavy atom. The van der Waals surface area contributed by atoms with Gasteiger partial charge in [0.1, 0.15) is 11.6 Å². The van der Waals surface area contributed by atoms with E-state index in [1.54, 1.807) is 60.7 Å². The van der Waals surface area contributed by atoms with Gasteiger partial charge in [0.05, 0.1) is 15.7 Å². The minimum Gasteiger partial charge on any atom is -0.452 e. The fourth-order valence-electron chi connectivity index (χ4n) is 3.70. The highest BCUT2D eigenvalue weighted by Crippen LogP contribution is 2.41. The molecule has 7 heteroatoms. The summed E-state index contributed by atoms with van der Waals surface area (Å²) in [4.78, 5) is 36.3. The monoisotopic (exact) mass is 411 g/mol. The molecule has 0 spiro atoms.